The SMILES string of the molecule is O=[N+]([O-])c1ccc(OCc2cccc(Cl)c2F)cc1Cl. The molecule has 2 rings (SSSR count). The number of hydrogen-bond donors (Lipinski definition) is 0. The summed E-state index contributed by atoms with van der Waals surface area (Å²) in [6.45, 7) is -0.0550. The Labute approximate surface area is 123 Å². The van der Waals surface area contributed by atoms with Crippen LogP contribution in [-0.4, -0.2) is 4.92 Å². The number of nitro benzene ring substituents is 1. The van der Waals surface area contributed by atoms with Crippen molar-refractivity contribution >= 4 is 28.9 Å². The monoisotopic (exact) mass is 315 g/mol. The highest BCUT2D eigenvalue weighted by atomic mass is 35.5. The number of benzene rings is 2. The van der Waals surface area contributed by atoms with Crippen LogP contribution < -0.4 is 4.74 Å². The average molecular weight is 316 g/mol. The second-order valence-electron chi connectivity index (χ2n) is 3.87. The fraction of sp³-hybridized carbons (Fsp3) is 0.0769. The summed E-state index contributed by atoms with van der Waals surface area (Å²) >= 11 is 11.4. The van der Waals surface area contributed by atoms with Crippen LogP contribution in [0.2, 0.25) is 10.0 Å². The molecule has 0 saturated heterocycles. The van der Waals surface area contributed by atoms with Crippen LogP contribution >= 0.6 is 23.2 Å². The van der Waals surface area contributed by atoms with E-state index in [1.165, 1.54) is 30.3 Å². The maximum atomic E-state index is 13.6. The van der Waals surface area contributed by atoms with Crippen LogP contribution in [0.3, 0.4) is 0 Å². The summed E-state index contributed by atoms with van der Waals surface area (Å²) in [6.07, 6.45) is 0. The molecule has 0 radical (unpaired) electrons. The van der Waals surface area contributed by atoms with E-state index in [2.05, 4.69) is 0 Å². The maximum absolute atomic E-state index is 13.6. The van der Waals surface area contributed by atoms with Crippen molar-refractivity contribution in [3.63, 3.8) is 0 Å². The first-order valence-electron chi connectivity index (χ1n) is 5.48. The zero-order valence-electron chi connectivity index (χ0n) is 9.98. The van der Waals surface area contributed by atoms with Gasteiger partial charge in [-0.25, -0.2) is 4.39 Å². The second kappa shape index (κ2) is 6.07. The Hall–Kier alpha value is -1.85. The minimum atomic E-state index is -0.594. The van der Waals surface area contributed by atoms with Crippen LogP contribution in [0.25, 0.3) is 0 Å². The molecule has 2 aromatic rings. The number of hydrogen-bond acceptors (Lipinski definition) is 3. The topological polar surface area (TPSA) is 52.4 Å². The summed E-state index contributed by atoms with van der Waals surface area (Å²) in [5.74, 6) is -0.248. The van der Waals surface area contributed by atoms with E-state index in [-0.39, 0.29) is 27.9 Å². The Balaban J connectivity index is 2.13. The largest absolute Gasteiger partial charge is 0.489 e. The molecular formula is C13H8Cl2FNO3. The number of halogens is 3. The minimum absolute atomic E-state index is 0.00725. The van der Waals surface area contributed by atoms with E-state index < -0.39 is 10.7 Å². The third kappa shape index (κ3) is 3.18. The van der Waals surface area contributed by atoms with Gasteiger partial charge in [0, 0.05) is 17.7 Å². The molecule has 104 valence electrons. The van der Waals surface area contributed by atoms with Gasteiger partial charge in [-0.05, 0) is 12.1 Å². The zero-order valence-corrected chi connectivity index (χ0v) is 11.5. The molecule has 0 aliphatic rings. The fourth-order valence-electron chi connectivity index (χ4n) is 1.55. The highest BCUT2D eigenvalue weighted by molar-refractivity contribution is 6.32. The lowest BCUT2D eigenvalue weighted by Crippen LogP contribution is -1.99. The summed E-state index contributed by atoms with van der Waals surface area (Å²) in [5.41, 5.74) is 0.0694. The Morgan fingerprint density at radius 3 is 2.60 bits per heavy atom. The van der Waals surface area contributed by atoms with Crippen molar-refractivity contribution in [2.75, 3.05) is 0 Å². The maximum Gasteiger partial charge on any atom is 0.288 e. The second-order valence-corrected chi connectivity index (χ2v) is 4.69. The molecule has 0 aliphatic carbocycles. The molecule has 0 amide bonds. The van der Waals surface area contributed by atoms with Gasteiger partial charge in [0.1, 0.15) is 23.2 Å². The molecule has 0 bridgehead atoms. The highest BCUT2D eigenvalue weighted by Gasteiger charge is 2.13. The van der Waals surface area contributed by atoms with E-state index in [1.54, 1.807) is 6.07 Å². The first-order valence-corrected chi connectivity index (χ1v) is 6.24. The van der Waals surface area contributed by atoms with Gasteiger partial charge in [-0.1, -0.05) is 35.3 Å². The summed E-state index contributed by atoms with van der Waals surface area (Å²) in [7, 11) is 0. The molecule has 7 heteroatoms. The van der Waals surface area contributed by atoms with Crippen molar-refractivity contribution in [1.29, 1.82) is 0 Å². The third-order valence-electron chi connectivity index (χ3n) is 2.54. The lowest BCUT2D eigenvalue weighted by atomic mass is 10.2. The smallest absolute Gasteiger partial charge is 0.288 e. The van der Waals surface area contributed by atoms with Crippen LogP contribution in [0, 0.1) is 15.9 Å². The van der Waals surface area contributed by atoms with Gasteiger partial charge in [0.05, 0.1) is 9.95 Å². The lowest BCUT2D eigenvalue weighted by Gasteiger charge is -2.08. The zero-order chi connectivity index (χ0) is 14.7. The van der Waals surface area contributed by atoms with Crippen molar-refractivity contribution in [2.24, 2.45) is 0 Å². The molecule has 0 heterocycles. The Morgan fingerprint density at radius 2 is 1.95 bits per heavy atom. The van der Waals surface area contributed by atoms with E-state index >= 15 is 0 Å². The van der Waals surface area contributed by atoms with Gasteiger partial charge in [-0.15, -0.1) is 0 Å². The lowest BCUT2D eigenvalue weighted by molar-refractivity contribution is -0.384. The van der Waals surface area contributed by atoms with E-state index in [9.17, 15) is 14.5 Å². The molecule has 0 spiro atoms. The van der Waals surface area contributed by atoms with Crippen LogP contribution in [0.4, 0.5) is 10.1 Å². The fourth-order valence-corrected chi connectivity index (χ4v) is 1.98. The molecule has 0 saturated carbocycles. The van der Waals surface area contributed by atoms with E-state index in [0.29, 0.717) is 5.75 Å². The normalized spacial score (nSPS) is 10.3. The molecule has 0 aliphatic heterocycles. The van der Waals surface area contributed by atoms with Crippen molar-refractivity contribution in [1.82, 2.24) is 0 Å². The van der Waals surface area contributed by atoms with Gasteiger partial charge in [0.2, 0.25) is 0 Å². The Morgan fingerprint density at radius 1 is 1.20 bits per heavy atom. The summed E-state index contributed by atoms with van der Waals surface area (Å²) < 4.78 is 19.0. The third-order valence-corrected chi connectivity index (χ3v) is 3.14. The van der Waals surface area contributed by atoms with Crippen LogP contribution in [0.1, 0.15) is 5.56 Å². The molecule has 0 fully saturated rings. The van der Waals surface area contributed by atoms with E-state index in [4.69, 9.17) is 27.9 Å². The van der Waals surface area contributed by atoms with Gasteiger partial charge in [-0.3, -0.25) is 10.1 Å². The number of ether oxygens (including phenoxy) is 1. The Bertz CT molecular complexity index is 664. The van der Waals surface area contributed by atoms with Crippen molar-refractivity contribution in [2.45, 2.75) is 6.61 Å². The average Bonchev–Trinajstić information content (AvgIpc) is 2.40. The first-order chi connectivity index (χ1) is 9.49. The molecule has 20 heavy (non-hydrogen) atoms. The molecule has 2 aromatic carbocycles. The number of nitro groups is 1. The summed E-state index contributed by atoms with van der Waals surface area (Å²) in [4.78, 5) is 10.0. The predicted octanol–water partition coefficient (Wildman–Crippen LogP) is 4.62. The van der Waals surface area contributed by atoms with Crippen LogP contribution in [0.5, 0.6) is 5.75 Å². The van der Waals surface area contributed by atoms with Crippen molar-refractivity contribution in [3.05, 3.63) is 67.9 Å². The van der Waals surface area contributed by atoms with E-state index in [1.807, 2.05) is 0 Å². The van der Waals surface area contributed by atoms with Gasteiger partial charge in [0.25, 0.3) is 5.69 Å². The Kier molecular flexibility index (Phi) is 4.42. The summed E-state index contributed by atoms with van der Waals surface area (Å²) in [6, 6.07) is 8.50. The minimum Gasteiger partial charge on any atom is -0.489 e. The summed E-state index contributed by atoms with van der Waals surface area (Å²) in [5, 5.41) is 10.6. The van der Waals surface area contributed by atoms with Gasteiger partial charge in [-0.2, -0.15) is 0 Å². The predicted molar refractivity (Wildman–Crippen MR) is 73.8 cm³/mol. The number of rotatable bonds is 4. The standard InChI is InChI=1S/C13H8Cl2FNO3/c14-10-3-1-2-8(13(10)16)7-20-9-4-5-12(17(18)19)11(15)6-9/h1-6H,7H2. The number of nitrogens with zero attached hydrogens (tertiary/aromatic N) is 1. The van der Waals surface area contributed by atoms with Gasteiger partial charge >= 0.3 is 0 Å². The molecule has 4 nitrogen and oxygen atoms in total. The van der Waals surface area contributed by atoms with Crippen molar-refractivity contribution in [3.8, 4) is 5.75 Å². The molecule has 0 N–H and O–H groups in total. The van der Waals surface area contributed by atoms with E-state index in [0.717, 1.165) is 0 Å². The molecular weight excluding hydrogens is 308 g/mol. The molecule has 0 unspecified atom stereocenters. The van der Waals surface area contributed by atoms with Crippen LogP contribution in [0.15, 0.2) is 36.4 Å². The van der Waals surface area contributed by atoms with Crippen molar-refractivity contribution < 1.29 is 14.1 Å². The molecule has 0 atom stereocenters. The highest BCUT2D eigenvalue weighted by Crippen LogP contribution is 2.29. The first kappa shape index (κ1) is 14.6. The molecule has 0 aromatic heterocycles. The van der Waals surface area contributed by atoms with Gasteiger partial charge < -0.3 is 4.74 Å². The van der Waals surface area contributed by atoms with Gasteiger partial charge in [0.15, 0.2) is 0 Å². The quantitative estimate of drug-likeness (QED) is 0.611. The van der Waals surface area contributed by atoms with Crippen LogP contribution in [-0.2, 0) is 6.61 Å².